The number of hydrogen-bond acceptors (Lipinski definition) is 3. The number of aromatic nitrogens is 2. The van der Waals surface area contributed by atoms with Gasteiger partial charge in [0.25, 0.3) is 5.89 Å². The zero-order valence-corrected chi connectivity index (χ0v) is 13.1. The maximum absolute atomic E-state index is 5.79. The van der Waals surface area contributed by atoms with Crippen LogP contribution in [0.3, 0.4) is 0 Å². The van der Waals surface area contributed by atoms with Crippen LogP contribution in [0, 0.1) is 0 Å². The molecule has 0 bridgehead atoms. The second kappa shape index (κ2) is 4.76. The molecule has 0 radical (unpaired) electrons. The third kappa shape index (κ3) is 2.85. The van der Waals surface area contributed by atoms with Gasteiger partial charge in [0.2, 0.25) is 8.03 Å². The van der Waals surface area contributed by atoms with Gasteiger partial charge in [0, 0.05) is 10.6 Å². The minimum Gasteiger partial charge on any atom is -0.417 e. The number of alkyl halides is 3. The molecule has 3 nitrogen and oxygen atoms in total. The van der Waals surface area contributed by atoms with Crippen LogP contribution in [0.1, 0.15) is 5.89 Å². The average molecular weight is 431 g/mol. The predicted molar refractivity (Wildman–Crippen MR) is 73.2 cm³/mol. The standard InChI is InChI=1S/C9H4Br3ClN2O/c10-9(11,12)8-15-14-7(16-8)5-1-3-6(13)4-2-5/h1-4H. The molecule has 1 aromatic heterocycles. The van der Waals surface area contributed by atoms with Gasteiger partial charge in [0.05, 0.1) is 0 Å². The maximum Gasteiger partial charge on any atom is 0.255 e. The highest BCUT2D eigenvalue weighted by atomic mass is 80.0. The van der Waals surface area contributed by atoms with Crippen LogP contribution in [0.5, 0.6) is 0 Å². The number of hydrogen-bond donors (Lipinski definition) is 0. The van der Waals surface area contributed by atoms with Crippen molar-refractivity contribution in [2.45, 2.75) is 2.14 Å². The zero-order valence-electron chi connectivity index (χ0n) is 7.62. The lowest BCUT2D eigenvalue weighted by Gasteiger charge is -2.03. The van der Waals surface area contributed by atoms with E-state index in [4.69, 9.17) is 16.0 Å². The van der Waals surface area contributed by atoms with E-state index in [1.165, 1.54) is 0 Å². The summed E-state index contributed by atoms with van der Waals surface area (Å²) in [5.41, 5.74) is 0.819. The average Bonchev–Trinajstić information content (AvgIpc) is 2.67. The lowest BCUT2D eigenvalue weighted by molar-refractivity contribution is 0.524. The second-order valence-electron chi connectivity index (χ2n) is 2.92. The predicted octanol–water partition coefficient (Wildman–Crippen LogP) is 4.69. The van der Waals surface area contributed by atoms with E-state index < -0.39 is 2.14 Å². The van der Waals surface area contributed by atoms with Crippen molar-refractivity contribution >= 4 is 59.4 Å². The quantitative estimate of drug-likeness (QED) is 0.616. The molecule has 0 spiro atoms. The van der Waals surface area contributed by atoms with E-state index in [0.29, 0.717) is 16.8 Å². The first-order chi connectivity index (χ1) is 7.47. The van der Waals surface area contributed by atoms with E-state index in [2.05, 4.69) is 58.0 Å². The molecule has 0 N–H and O–H groups in total. The summed E-state index contributed by atoms with van der Waals surface area (Å²) in [6.45, 7) is 0. The first-order valence-electron chi connectivity index (χ1n) is 4.13. The van der Waals surface area contributed by atoms with Gasteiger partial charge in [-0.15, -0.1) is 10.2 Å². The molecular weight excluding hydrogens is 427 g/mol. The Morgan fingerprint density at radius 1 is 1.06 bits per heavy atom. The van der Waals surface area contributed by atoms with Gasteiger partial charge in [0.1, 0.15) is 0 Å². The molecule has 0 aliphatic carbocycles. The highest BCUT2D eigenvalue weighted by Gasteiger charge is 2.28. The maximum atomic E-state index is 5.79. The Morgan fingerprint density at radius 3 is 2.19 bits per heavy atom. The number of nitrogens with zero attached hydrogens (tertiary/aromatic N) is 2. The molecule has 0 amide bonds. The second-order valence-corrected chi connectivity index (χ2v) is 10.1. The molecule has 84 valence electrons. The molecule has 2 rings (SSSR count). The van der Waals surface area contributed by atoms with E-state index >= 15 is 0 Å². The Morgan fingerprint density at radius 2 is 1.69 bits per heavy atom. The van der Waals surface area contributed by atoms with Gasteiger partial charge in [-0.2, -0.15) is 0 Å². The van der Waals surface area contributed by atoms with Crippen LogP contribution in [0.4, 0.5) is 0 Å². The molecule has 0 unspecified atom stereocenters. The van der Waals surface area contributed by atoms with E-state index in [-0.39, 0.29) is 0 Å². The van der Waals surface area contributed by atoms with Gasteiger partial charge in [0.15, 0.2) is 0 Å². The Kier molecular flexibility index (Phi) is 3.73. The monoisotopic (exact) mass is 428 g/mol. The van der Waals surface area contributed by atoms with Gasteiger partial charge < -0.3 is 4.42 Å². The van der Waals surface area contributed by atoms with Crippen LogP contribution in [0.15, 0.2) is 28.7 Å². The Balaban J connectivity index is 2.35. The van der Waals surface area contributed by atoms with Crippen molar-refractivity contribution in [1.29, 1.82) is 0 Å². The van der Waals surface area contributed by atoms with Crippen molar-refractivity contribution in [3.05, 3.63) is 35.2 Å². The number of benzene rings is 1. The van der Waals surface area contributed by atoms with Gasteiger partial charge in [-0.25, -0.2) is 0 Å². The van der Waals surface area contributed by atoms with Gasteiger partial charge in [-0.1, -0.05) is 11.6 Å². The molecule has 0 aliphatic rings. The molecule has 0 aliphatic heterocycles. The zero-order chi connectivity index (χ0) is 11.8. The van der Waals surface area contributed by atoms with Crippen LogP contribution in [0.2, 0.25) is 5.02 Å². The van der Waals surface area contributed by atoms with Crippen molar-refractivity contribution < 1.29 is 4.42 Å². The van der Waals surface area contributed by atoms with Gasteiger partial charge in [-0.05, 0) is 72.1 Å². The SMILES string of the molecule is Clc1ccc(-c2nnc(C(Br)(Br)Br)o2)cc1. The third-order valence-electron chi connectivity index (χ3n) is 1.76. The summed E-state index contributed by atoms with van der Waals surface area (Å²) in [5.74, 6) is 0.826. The lowest BCUT2D eigenvalue weighted by atomic mass is 10.2. The summed E-state index contributed by atoms with van der Waals surface area (Å²) >= 11 is 15.7. The van der Waals surface area contributed by atoms with Crippen molar-refractivity contribution in [2.24, 2.45) is 0 Å². The molecule has 0 fully saturated rings. The first-order valence-corrected chi connectivity index (χ1v) is 6.89. The molecule has 2 aromatic rings. The largest absolute Gasteiger partial charge is 0.417 e. The smallest absolute Gasteiger partial charge is 0.255 e. The Labute approximate surface area is 122 Å². The molecule has 0 saturated carbocycles. The van der Waals surface area contributed by atoms with Crippen molar-refractivity contribution in [3.63, 3.8) is 0 Å². The summed E-state index contributed by atoms with van der Waals surface area (Å²) in [5, 5.41) is 8.49. The fourth-order valence-electron chi connectivity index (χ4n) is 1.05. The number of halogens is 4. The topological polar surface area (TPSA) is 38.9 Å². The van der Waals surface area contributed by atoms with E-state index in [9.17, 15) is 0 Å². The Hall–Kier alpha value is 0.0900. The van der Waals surface area contributed by atoms with E-state index in [0.717, 1.165) is 5.56 Å². The molecule has 7 heteroatoms. The fraction of sp³-hybridized carbons (Fsp3) is 0.111. The highest BCUT2D eigenvalue weighted by molar-refractivity contribution is 9.38. The summed E-state index contributed by atoms with van der Waals surface area (Å²) in [4.78, 5) is 0. The van der Waals surface area contributed by atoms with E-state index in [1.807, 2.05) is 12.1 Å². The number of rotatable bonds is 1. The van der Waals surface area contributed by atoms with Crippen LogP contribution in [-0.2, 0) is 2.14 Å². The molecule has 1 heterocycles. The minimum atomic E-state index is -0.690. The minimum absolute atomic E-state index is 0.387. The third-order valence-corrected chi connectivity index (χ3v) is 3.03. The summed E-state index contributed by atoms with van der Waals surface area (Å²) < 4.78 is 4.78. The van der Waals surface area contributed by atoms with Crippen molar-refractivity contribution in [3.8, 4) is 11.5 Å². The fourth-order valence-corrected chi connectivity index (χ4v) is 1.65. The molecular formula is C9H4Br3ClN2O. The van der Waals surface area contributed by atoms with Crippen LogP contribution in [-0.4, -0.2) is 10.2 Å². The van der Waals surface area contributed by atoms with Gasteiger partial charge >= 0.3 is 0 Å². The molecule has 0 atom stereocenters. The van der Waals surface area contributed by atoms with Gasteiger partial charge in [-0.3, -0.25) is 0 Å². The summed E-state index contributed by atoms with van der Waals surface area (Å²) in [6.07, 6.45) is 0. The van der Waals surface area contributed by atoms with Crippen LogP contribution >= 0.6 is 59.4 Å². The summed E-state index contributed by atoms with van der Waals surface area (Å²) in [6, 6.07) is 7.17. The molecule has 1 aromatic carbocycles. The highest BCUT2D eigenvalue weighted by Crippen LogP contribution is 2.44. The van der Waals surface area contributed by atoms with Crippen molar-refractivity contribution in [2.75, 3.05) is 0 Å². The van der Waals surface area contributed by atoms with Crippen LogP contribution in [0.25, 0.3) is 11.5 Å². The van der Waals surface area contributed by atoms with Crippen molar-refractivity contribution in [1.82, 2.24) is 10.2 Å². The molecule has 0 saturated heterocycles. The molecule has 16 heavy (non-hydrogen) atoms. The lowest BCUT2D eigenvalue weighted by Crippen LogP contribution is -1.97. The van der Waals surface area contributed by atoms with Crippen LogP contribution < -0.4 is 0 Å². The first kappa shape index (κ1) is 12.5. The summed E-state index contributed by atoms with van der Waals surface area (Å²) in [7, 11) is 0. The normalized spacial score (nSPS) is 11.8. The van der Waals surface area contributed by atoms with E-state index in [1.54, 1.807) is 12.1 Å². The Bertz CT molecular complexity index is 492.